The number of hydrogen-bond donors (Lipinski definition) is 4. The van der Waals surface area contributed by atoms with E-state index in [1.165, 1.54) is 0 Å². The molecule has 0 radical (unpaired) electrons. The van der Waals surface area contributed by atoms with Crippen molar-refractivity contribution in [1.29, 1.82) is 0 Å². The fourth-order valence-corrected chi connectivity index (χ4v) is 4.04. The predicted molar refractivity (Wildman–Crippen MR) is 123 cm³/mol. The number of carbonyl (C=O) groups is 2. The highest BCUT2D eigenvalue weighted by atomic mass is 16.7. The van der Waals surface area contributed by atoms with Crippen molar-refractivity contribution in [1.82, 2.24) is 15.5 Å². The Balaban J connectivity index is 1.18. The van der Waals surface area contributed by atoms with Gasteiger partial charge in [-0.3, -0.25) is 9.69 Å². The van der Waals surface area contributed by atoms with Gasteiger partial charge in [-0.15, -0.1) is 0 Å². The summed E-state index contributed by atoms with van der Waals surface area (Å²) in [5.41, 5.74) is 0.547. The Morgan fingerprint density at radius 2 is 1.94 bits per heavy atom. The second-order valence-electron chi connectivity index (χ2n) is 8.33. The molecule has 0 spiro atoms. The number of ether oxygens (including phenoxy) is 4. The Bertz CT molecular complexity index is 875. The van der Waals surface area contributed by atoms with Gasteiger partial charge < -0.3 is 40.0 Å². The van der Waals surface area contributed by atoms with E-state index < -0.39 is 24.3 Å². The van der Waals surface area contributed by atoms with Crippen molar-refractivity contribution in [2.24, 2.45) is 0 Å². The Hall–Kier alpha value is -2.86. The average molecular weight is 477 g/mol. The molecule has 3 atom stereocenters. The fourth-order valence-electron chi connectivity index (χ4n) is 4.04. The van der Waals surface area contributed by atoms with Crippen LogP contribution in [0.25, 0.3) is 0 Å². The summed E-state index contributed by atoms with van der Waals surface area (Å²) in [6.45, 7) is 4.78. The number of morpholine rings is 1. The van der Waals surface area contributed by atoms with E-state index in [1.807, 2.05) is 0 Å². The minimum atomic E-state index is -0.661. The molecule has 0 unspecified atom stereocenters. The molecule has 4 N–H and O–H groups in total. The molecule has 3 amide bonds. The predicted octanol–water partition coefficient (Wildman–Crippen LogP) is 0.450. The summed E-state index contributed by atoms with van der Waals surface area (Å²) in [5.74, 6) is 1.08. The van der Waals surface area contributed by atoms with E-state index in [9.17, 15) is 14.7 Å². The molecule has 1 aromatic rings. The molecule has 1 saturated heterocycles. The first-order valence-electron chi connectivity index (χ1n) is 11.6. The number of aliphatic hydroxyl groups is 1. The molecule has 34 heavy (non-hydrogen) atoms. The zero-order valence-electron chi connectivity index (χ0n) is 19.0. The Morgan fingerprint density at radius 1 is 1.12 bits per heavy atom. The number of urea groups is 1. The van der Waals surface area contributed by atoms with Crippen molar-refractivity contribution in [2.45, 2.75) is 31.1 Å². The van der Waals surface area contributed by atoms with Crippen molar-refractivity contribution in [2.75, 3.05) is 58.1 Å². The number of rotatable bonds is 9. The van der Waals surface area contributed by atoms with Gasteiger partial charge in [0.25, 0.3) is 0 Å². The van der Waals surface area contributed by atoms with Crippen LogP contribution < -0.4 is 25.4 Å². The van der Waals surface area contributed by atoms with Crippen LogP contribution in [0, 0.1) is 0 Å². The standard InChI is InChI=1S/C23H32N4O7/c28-14-21-18(26-23(30)25-16-2-5-19-20(12-16)33-15-32-19)4-3-17(34-21)13-22(29)24-6-1-7-27-8-10-31-11-9-27/h2-5,12,17-18,21,28H,1,6-11,13-15H2,(H,24,29)(H2,25,26,30)/t17-,18-,21+/m0/s1. The largest absolute Gasteiger partial charge is 0.454 e. The lowest BCUT2D eigenvalue weighted by molar-refractivity contribution is -0.125. The van der Waals surface area contributed by atoms with Crippen LogP contribution in [0.3, 0.4) is 0 Å². The van der Waals surface area contributed by atoms with Crippen molar-refractivity contribution < 1.29 is 33.6 Å². The average Bonchev–Trinajstić information content (AvgIpc) is 3.31. The first-order chi connectivity index (χ1) is 16.6. The molecule has 4 rings (SSSR count). The number of nitrogens with zero attached hydrogens (tertiary/aromatic N) is 1. The minimum Gasteiger partial charge on any atom is -0.454 e. The maximum atomic E-state index is 12.4. The van der Waals surface area contributed by atoms with Crippen molar-refractivity contribution in [3.05, 3.63) is 30.4 Å². The maximum Gasteiger partial charge on any atom is 0.319 e. The van der Waals surface area contributed by atoms with Crippen molar-refractivity contribution >= 4 is 17.6 Å². The third kappa shape index (κ3) is 6.83. The van der Waals surface area contributed by atoms with Gasteiger partial charge in [0.1, 0.15) is 6.10 Å². The van der Waals surface area contributed by atoms with Crippen molar-refractivity contribution in [3.8, 4) is 11.5 Å². The van der Waals surface area contributed by atoms with Crippen molar-refractivity contribution in [3.63, 3.8) is 0 Å². The topological polar surface area (TPSA) is 131 Å². The first-order valence-corrected chi connectivity index (χ1v) is 11.6. The van der Waals surface area contributed by atoms with Crippen LogP contribution in [-0.2, 0) is 14.3 Å². The molecule has 1 fully saturated rings. The van der Waals surface area contributed by atoms with E-state index in [-0.39, 0.29) is 25.7 Å². The third-order valence-electron chi connectivity index (χ3n) is 5.85. The normalized spacial score (nSPS) is 24.0. The minimum absolute atomic E-state index is 0.111. The lowest BCUT2D eigenvalue weighted by atomic mass is 10.0. The summed E-state index contributed by atoms with van der Waals surface area (Å²) < 4.78 is 21.7. The molecule has 0 saturated carbocycles. The Morgan fingerprint density at radius 3 is 2.76 bits per heavy atom. The van der Waals surface area contributed by atoms with Crippen LogP contribution in [0.2, 0.25) is 0 Å². The van der Waals surface area contributed by atoms with E-state index in [2.05, 4.69) is 20.9 Å². The molecule has 11 heteroatoms. The van der Waals surface area contributed by atoms with Crippen LogP contribution in [0.15, 0.2) is 30.4 Å². The summed E-state index contributed by atoms with van der Waals surface area (Å²) in [5, 5.41) is 18.2. The van der Waals surface area contributed by atoms with Crippen LogP contribution in [0.5, 0.6) is 11.5 Å². The number of carbonyl (C=O) groups excluding carboxylic acids is 2. The number of hydrogen-bond acceptors (Lipinski definition) is 8. The SMILES string of the molecule is O=C(C[C@@H]1C=C[C@H](NC(=O)Nc2ccc3c(c2)OCO3)[C@@H](CO)O1)NCCCN1CCOCC1. The highest BCUT2D eigenvalue weighted by Gasteiger charge is 2.29. The van der Waals surface area contributed by atoms with Crippen LogP contribution in [0.4, 0.5) is 10.5 Å². The number of fused-ring (bicyclic) bond motifs is 1. The molecule has 11 nitrogen and oxygen atoms in total. The Labute approximate surface area is 198 Å². The molecule has 3 aliphatic rings. The molecular weight excluding hydrogens is 444 g/mol. The number of anilines is 1. The lowest BCUT2D eigenvalue weighted by Crippen LogP contribution is -2.50. The molecule has 0 aliphatic carbocycles. The van der Waals surface area contributed by atoms with E-state index in [0.717, 1.165) is 39.3 Å². The van der Waals surface area contributed by atoms with Gasteiger partial charge in [0, 0.05) is 31.4 Å². The van der Waals surface area contributed by atoms with Gasteiger partial charge in [0.15, 0.2) is 11.5 Å². The van der Waals surface area contributed by atoms with Gasteiger partial charge in [-0.05, 0) is 25.1 Å². The van der Waals surface area contributed by atoms with E-state index in [1.54, 1.807) is 30.4 Å². The summed E-state index contributed by atoms with van der Waals surface area (Å²) in [6.07, 6.45) is 3.39. The highest BCUT2D eigenvalue weighted by Crippen LogP contribution is 2.34. The van der Waals surface area contributed by atoms with Gasteiger partial charge in [0.2, 0.25) is 12.7 Å². The quantitative estimate of drug-likeness (QED) is 0.299. The van der Waals surface area contributed by atoms with Crippen LogP contribution >= 0.6 is 0 Å². The second kappa shape index (κ2) is 12.0. The van der Waals surface area contributed by atoms with E-state index in [4.69, 9.17) is 18.9 Å². The van der Waals surface area contributed by atoms with Crippen LogP contribution in [0.1, 0.15) is 12.8 Å². The zero-order chi connectivity index (χ0) is 23.8. The maximum absolute atomic E-state index is 12.4. The lowest BCUT2D eigenvalue weighted by Gasteiger charge is -2.31. The number of nitrogens with one attached hydrogen (secondary N) is 3. The van der Waals surface area contributed by atoms with Gasteiger partial charge in [-0.1, -0.05) is 12.2 Å². The van der Waals surface area contributed by atoms with Crippen LogP contribution in [-0.4, -0.2) is 93.0 Å². The zero-order valence-corrected chi connectivity index (χ0v) is 19.0. The van der Waals surface area contributed by atoms with Gasteiger partial charge in [-0.25, -0.2) is 4.79 Å². The smallest absolute Gasteiger partial charge is 0.319 e. The summed E-state index contributed by atoms with van der Waals surface area (Å²) >= 11 is 0. The first kappa shape index (κ1) is 24.3. The molecular formula is C23H32N4O7. The molecule has 186 valence electrons. The molecule has 1 aromatic carbocycles. The summed E-state index contributed by atoms with van der Waals surface area (Å²) in [4.78, 5) is 27.0. The number of benzene rings is 1. The highest BCUT2D eigenvalue weighted by molar-refractivity contribution is 5.90. The van der Waals surface area contributed by atoms with E-state index in [0.29, 0.717) is 23.7 Å². The monoisotopic (exact) mass is 476 g/mol. The van der Waals surface area contributed by atoms with E-state index >= 15 is 0 Å². The molecule has 3 heterocycles. The molecule has 0 aromatic heterocycles. The third-order valence-corrected chi connectivity index (χ3v) is 5.85. The molecule has 0 bridgehead atoms. The fraction of sp³-hybridized carbons (Fsp3) is 0.565. The second-order valence-corrected chi connectivity index (χ2v) is 8.33. The number of aliphatic hydroxyl groups excluding tert-OH is 1. The van der Waals surface area contributed by atoms with Gasteiger partial charge >= 0.3 is 6.03 Å². The number of amides is 3. The van der Waals surface area contributed by atoms with Gasteiger partial charge in [-0.2, -0.15) is 0 Å². The van der Waals surface area contributed by atoms with Gasteiger partial charge in [0.05, 0.1) is 38.4 Å². The molecule has 3 aliphatic heterocycles. The Kier molecular flexibility index (Phi) is 8.58. The summed E-state index contributed by atoms with van der Waals surface area (Å²) in [7, 11) is 0. The summed E-state index contributed by atoms with van der Waals surface area (Å²) in [6, 6.07) is 4.11.